The molecular formula is C9H10Br2O4. The quantitative estimate of drug-likeness (QED) is 0.446. The summed E-state index contributed by atoms with van der Waals surface area (Å²) in [5.41, 5.74) is 0. The highest BCUT2D eigenvalue weighted by atomic mass is 79.9. The number of methoxy groups -OCH3 is 1. The minimum atomic E-state index is -1.02. The molecule has 84 valence electrons. The van der Waals surface area contributed by atoms with Gasteiger partial charge in [-0.3, -0.25) is 4.79 Å². The number of hydrogen-bond donors (Lipinski definition) is 0. The van der Waals surface area contributed by atoms with Crippen LogP contribution in [0.2, 0.25) is 0 Å². The zero-order valence-corrected chi connectivity index (χ0v) is 11.4. The predicted octanol–water partition coefficient (Wildman–Crippen LogP) is 2.11. The first-order valence-corrected chi connectivity index (χ1v) is 5.85. The topological polar surface area (TPSA) is 55.9 Å². The fraction of sp³-hybridized carbons (Fsp3) is 0.556. The van der Waals surface area contributed by atoms with Gasteiger partial charge in [-0.1, -0.05) is 13.0 Å². The molecule has 0 N–H and O–H groups in total. The molecule has 0 radical (unpaired) electrons. The van der Waals surface area contributed by atoms with E-state index in [9.17, 15) is 9.59 Å². The Morgan fingerprint density at radius 1 is 1.73 bits per heavy atom. The molecule has 0 aromatic rings. The Balaban J connectivity index is 2.56. The number of rotatable bonds is 4. The van der Waals surface area contributed by atoms with Gasteiger partial charge in [0, 0.05) is 0 Å². The third-order valence-corrected chi connectivity index (χ3v) is 4.18. The molecule has 0 bridgehead atoms. The smallest absolute Gasteiger partial charge is 0.369 e. The van der Waals surface area contributed by atoms with Gasteiger partial charge in [-0.25, -0.2) is 4.79 Å². The molecular weight excluding hydrogens is 332 g/mol. The van der Waals surface area contributed by atoms with Crippen molar-refractivity contribution in [1.29, 1.82) is 0 Å². The van der Waals surface area contributed by atoms with Crippen molar-refractivity contribution in [2.24, 2.45) is 5.92 Å². The second-order valence-electron chi connectivity index (χ2n) is 3.26. The van der Waals surface area contributed by atoms with Crippen molar-refractivity contribution in [3.8, 4) is 0 Å². The van der Waals surface area contributed by atoms with Crippen LogP contribution in [-0.4, -0.2) is 23.6 Å². The highest BCUT2D eigenvalue weighted by Crippen LogP contribution is 2.46. The number of cyclic esters (lactones) is 1. The molecule has 2 atom stereocenters. The summed E-state index contributed by atoms with van der Waals surface area (Å²) in [6.45, 7) is 1.85. The van der Waals surface area contributed by atoms with E-state index in [1.54, 1.807) is 6.08 Å². The SMILES string of the molecule is COC(=O)CC(C)C=C(Br)C1(Br)OC1=O. The molecule has 15 heavy (non-hydrogen) atoms. The molecule has 4 nitrogen and oxygen atoms in total. The number of esters is 1. The Bertz CT molecular complexity index is 326. The monoisotopic (exact) mass is 340 g/mol. The van der Waals surface area contributed by atoms with Crippen LogP contribution >= 0.6 is 31.9 Å². The van der Waals surface area contributed by atoms with Gasteiger partial charge < -0.3 is 9.47 Å². The van der Waals surface area contributed by atoms with E-state index in [1.807, 2.05) is 6.92 Å². The van der Waals surface area contributed by atoms with E-state index in [0.29, 0.717) is 4.48 Å². The number of epoxide rings is 1. The number of allylic oxidation sites excluding steroid dienone is 1. The maximum atomic E-state index is 11.0. The van der Waals surface area contributed by atoms with Gasteiger partial charge in [0.05, 0.1) is 18.0 Å². The second kappa shape index (κ2) is 4.65. The summed E-state index contributed by atoms with van der Waals surface area (Å²) in [6.07, 6.45) is 2.01. The first-order chi connectivity index (χ1) is 6.90. The Hall–Kier alpha value is -0.360. The van der Waals surface area contributed by atoms with Gasteiger partial charge in [0.1, 0.15) is 0 Å². The van der Waals surface area contributed by atoms with Crippen LogP contribution in [0.5, 0.6) is 0 Å². The van der Waals surface area contributed by atoms with Gasteiger partial charge >= 0.3 is 11.9 Å². The summed E-state index contributed by atoms with van der Waals surface area (Å²) >= 11 is 6.36. The molecule has 6 heteroatoms. The van der Waals surface area contributed by atoms with Crippen molar-refractivity contribution in [3.05, 3.63) is 10.6 Å². The Morgan fingerprint density at radius 3 is 2.67 bits per heavy atom. The Kier molecular flexibility index (Phi) is 3.94. The average Bonchev–Trinajstić information content (AvgIpc) is 2.75. The van der Waals surface area contributed by atoms with Crippen molar-refractivity contribution in [3.63, 3.8) is 0 Å². The fourth-order valence-corrected chi connectivity index (χ4v) is 1.98. The summed E-state index contributed by atoms with van der Waals surface area (Å²) in [7, 11) is 1.34. The molecule has 0 amide bonds. The molecule has 2 unspecified atom stereocenters. The molecule has 1 heterocycles. The maximum absolute atomic E-state index is 11.0. The molecule has 0 aromatic heterocycles. The molecule has 1 aliphatic rings. The summed E-state index contributed by atoms with van der Waals surface area (Å²) in [5, 5.41) is 0. The molecule has 0 saturated carbocycles. The first-order valence-electron chi connectivity index (χ1n) is 4.27. The lowest BCUT2D eigenvalue weighted by molar-refractivity contribution is -0.141. The molecule has 0 spiro atoms. The average molecular weight is 342 g/mol. The normalized spacial score (nSPS) is 26.9. The van der Waals surface area contributed by atoms with Crippen LogP contribution in [0.1, 0.15) is 13.3 Å². The number of ether oxygens (including phenoxy) is 2. The van der Waals surface area contributed by atoms with Gasteiger partial charge in [0.25, 0.3) is 4.51 Å². The van der Waals surface area contributed by atoms with Crippen molar-refractivity contribution >= 4 is 43.8 Å². The molecule has 1 fully saturated rings. The van der Waals surface area contributed by atoms with Crippen LogP contribution in [0.4, 0.5) is 0 Å². The van der Waals surface area contributed by atoms with Crippen LogP contribution in [0, 0.1) is 5.92 Å². The number of carbonyl (C=O) groups is 2. The Labute approximate surface area is 104 Å². The molecule has 1 aliphatic heterocycles. The van der Waals surface area contributed by atoms with Crippen LogP contribution in [-0.2, 0) is 19.1 Å². The summed E-state index contributed by atoms with van der Waals surface area (Å²) in [6, 6.07) is 0. The summed E-state index contributed by atoms with van der Waals surface area (Å²) in [5.74, 6) is -0.653. The number of alkyl halides is 1. The summed E-state index contributed by atoms with van der Waals surface area (Å²) < 4.78 is 8.84. The largest absolute Gasteiger partial charge is 0.469 e. The first kappa shape index (κ1) is 12.7. The van der Waals surface area contributed by atoms with Crippen molar-refractivity contribution < 1.29 is 19.1 Å². The van der Waals surface area contributed by atoms with Crippen LogP contribution in [0.25, 0.3) is 0 Å². The van der Waals surface area contributed by atoms with Gasteiger partial charge in [0.15, 0.2) is 0 Å². The minimum Gasteiger partial charge on any atom is -0.469 e. The van der Waals surface area contributed by atoms with E-state index in [-0.39, 0.29) is 24.3 Å². The number of halogens is 2. The Morgan fingerprint density at radius 2 is 2.27 bits per heavy atom. The van der Waals surface area contributed by atoms with E-state index < -0.39 is 4.51 Å². The van der Waals surface area contributed by atoms with Crippen molar-refractivity contribution in [2.75, 3.05) is 7.11 Å². The van der Waals surface area contributed by atoms with Crippen LogP contribution in [0.3, 0.4) is 0 Å². The molecule has 0 aliphatic carbocycles. The summed E-state index contributed by atoms with van der Waals surface area (Å²) in [4.78, 5) is 21.8. The highest BCUT2D eigenvalue weighted by molar-refractivity contribution is 9.14. The fourth-order valence-electron chi connectivity index (χ4n) is 1.01. The van der Waals surface area contributed by atoms with Gasteiger partial charge in [-0.15, -0.1) is 0 Å². The van der Waals surface area contributed by atoms with Gasteiger partial charge in [-0.05, 0) is 37.8 Å². The molecule has 0 aromatic carbocycles. The molecule has 1 saturated heterocycles. The van der Waals surface area contributed by atoms with Crippen molar-refractivity contribution in [2.45, 2.75) is 17.9 Å². The van der Waals surface area contributed by atoms with Crippen molar-refractivity contribution in [1.82, 2.24) is 0 Å². The highest BCUT2D eigenvalue weighted by Gasteiger charge is 2.58. The number of hydrogen-bond acceptors (Lipinski definition) is 4. The van der Waals surface area contributed by atoms with E-state index in [2.05, 4.69) is 36.6 Å². The lowest BCUT2D eigenvalue weighted by atomic mass is 10.1. The minimum absolute atomic E-state index is 0.0294. The van der Waals surface area contributed by atoms with Gasteiger partial charge in [0.2, 0.25) is 0 Å². The third-order valence-electron chi connectivity index (χ3n) is 1.91. The lowest BCUT2D eigenvalue weighted by Crippen LogP contribution is -2.08. The van der Waals surface area contributed by atoms with E-state index in [4.69, 9.17) is 4.74 Å². The van der Waals surface area contributed by atoms with E-state index in [1.165, 1.54) is 7.11 Å². The molecule has 1 rings (SSSR count). The maximum Gasteiger partial charge on any atom is 0.369 e. The lowest BCUT2D eigenvalue weighted by Gasteiger charge is -2.06. The zero-order valence-electron chi connectivity index (χ0n) is 8.25. The van der Waals surface area contributed by atoms with E-state index >= 15 is 0 Å². The second-order valence-corrected chi connectivity index (χ2v) is 5.23. The zero-order chi connectivity index (χ0) is 11.6. The standard InChI is InChI=1S/C9H10Br2O4/c1-5(4-7(12)14-2)3-6(10)9(11)8(13)15-9/h3,5H,4H2,1-2H3. The third kappa shape index (κ3) is 3.04. The predicted molar refractivity (Wildman–Crippen MR) is 60.6 cm³/mol. The van der Waals surface area contributed by atoms with Crippen LogP contribution in [0.15, 0.2) is 10.6 Å². The van der Waals surface area contributed by atoms with Gasteiger partial charge in [-0.2, -0.15) is 0 Å². The van der Waals surface area contributed by atoms with E-state index in [0.717, 1.165) is 0 Å². The number of carbonyl (C=O) groups excluding carboxylic acids is 2. The van der Waals surface area contributed by atoms with Crippen LogP contribution < -0.4 is 0 Å².